The first-order valence-corrected chi connectivity index (χ1v) is 6.79. The third-order valence-corrected chi connectivity index (χ3v) is 3.28. The molecular weight excluding hydrogens is 234 g/mol. The summed E-state index contributed by atoms with van der Waals surface area (Å²) in [5, 5.41) is 3.53. The fraction of sp³-hybridized carbons (Fsp3) is 0.312. The van der Waals surface area contributed by atoms with Crippen molar-refractivity contribution in [2.45, 2.75) is 25.8 Å². The predicted octanol–water partition coefficient (Wildman–Crippen LogP) is 2.95. The maximum absolute atomic E-state index is 5.89. The Kier molecular flexibility index (Phi) is 4.93. The summed E-state index contributed by atoms with van der Waals surface area (Å²) in [7, 11) is 0. The zero-order chi connectivity index (χ0) is 13.5. The van der Waals surface area contributed by atoms with E-state index in [4.69, 9.17) is 5.73 Å². The van der Waals surface area contributed by atoms with Crippen molar-refractivity contribution in [1.82, 2.24) is 10.3 Å². The monoisotopic (exact) mass is 255 g/mol. The summed E-state index contributed by atoms with van der Waals surface area (Å²) in [6.07, 6.45) is 3.69. The third-order valence-electron chi connectivity index (χ3n) is 3.28. The van der Waals surface area contributed by atoms with Crippen molar-refractivity contribution >= 4 is 5.82 Å². The number of benzene rings is 1. The summed E-state index contributed by atoms with van der Waals surface area (Å²) in [6.45, 7) is 3.09. The van der Waals surface area contributed by atoms with E-state index in [2.05, 4.69) is 47.6 Å². The van der Waals surface area contributed by atoms with Gasteiger partial charge in [0.05, 0.1) is 0 Å². The second-order valence-electron chi connectivity index (χ2n) is 4.61. The quantitative estimate of drug-likeness (QED) is 0.834. The number of nitrogen functional groups attached to an aromatic ring is 1. The summed E-state index contributed by atoms with van der Waals surface area (Å²) in [6, 6.07) is 14.9. The molecule has 0 spiro atoms. The number of nitrogens with two attached hydrogens (primary N) is 1. The van der Waals surface area contributed by atoms with Crippen LogP contribution >= 0.6 is 0 Å². The molecule has 0 saturated heterocycles. The van der Waals surface area contributed by atoms with E-state index in [1.54, 1.807) is 6.20 Å². The number of hydrogen-bond acceptors (Lipinski definition) is 3. The maximum atomic E-state index is 5.89. The summed E-state index contributed by atoms with van der Waals surface area (Å²) < 4.78 is 0. The van der Waals surface area contributed by atoms with Gasteiger partial charge in [-0.15, -0.1) is 0 Å². The lowest BCUT2D eigenvalue weighted by molar-refractivity contribution is 0.515. The van der Waals surface area contributed by atoms with Gasteiger partial charge in [0, 0.05) is 12.2 Å². The van der Waals surface area contributed by atoms with E-state index in [-0.39, 0.29) is 0 Å². The average Bonchev–Trinajstić information content (AvgIpc) is 2.46. The van der Waals surface area contributed by atoms with Crippen LogP contribution < -0.4 is 11.1 Å². The Bertz CT molecular complexity index is 496. The Hall–Kier alpha value is -1.87. The van der Waals surface area contributed by atoms with Gasteiger partial charge in [-0.3, -0.25) is 0 Å². The smallest absolute Gasteiger partial charge is 0.126 e. The Labute approximate surface area is 114 Å². The Morgan fingerprint density at radius 3 is 2.63 bits per heavy atom. The van der Waals surface area contributed by atoms with E-state index in [0.717, 1.165) is 24.9 Å². The van der Waals surface area contributed by atoms with Crippen molar-refractivity contribution in [3.8, 4) is 0 Å². The van der Waals surface area contributed by atoms with Crippen molar-refractivity contribution in [2.75, 3.05) is 12.3 Å². The van der Waals surface area contributed by atoms with Gasteiger partial charge in [0.15, 0.2) is 0 Å². The lowest BCUT2D eigenvalue weighted by Gasteiger charge is -2.18. The van der Waals surface area contributed by atoms with Crippen LogP contribution in [0.2, 0.25) is 0 Å². The molecule has 2 rings (SSSR count). The van der Waals surface area contributed by atoms with Crippen molar-refractivity contribution in [2.24, 2.45) is 0 Å². The van der Waals surface area contributed by atoms with E-state index < -0.39 is 0 Å². The molecule has 3 N–H and O–H groups in total. The summed E-state index contributed by atoms with van der Waals surface area (Å²) in [4.78, 5) is 4.13. The van der Waals surface area contributed by atoms with Crippen molar-refractivity contribution in [3.63, 3.8) is 0 Å². The number of pyridine rings is 1. The van der Waals surface area contributed by atoms with Crippen molar-refractivity contribution in [3.05, 3.63) is 59.8 Å². The lowest BCUT2D eigenvalue weighted by atomic mass is 9.99. The molecule has 100 valence electrons. The van der Waals surface area contributed by atoms with Crippen LogP contribution in [0.3, 0.4) is 0 Å². The fourth-order valence-corrected chi connectivity index (χ4v) is 2.28. The highest BCUT2D eigenvalue weighted by molar-refractivity contribution is 5.38. The van der Waals surface area contributed by atoms with Crippen LogP contribution in [0.4, 0.5) is 5.82 Å². The third kappa shape index (κ3) is 3.80. The number of aryl methyl sites for hydroxylation is 1. The SMILES string of the molecule is CCNC(CCc1cccnc1N)c1ccccc1. The summed E-state index contributed by atoms with van der Waals surface area (Å²) in [5.74, 6) is 0.644. The number of rotatable bonds is 6. The molecule has 0 bridgehead atoms. The lowest BCUT2D eigenvalue weighted by Crippen LogP contribution is -2.21. The first kappa shape index (κ1) is 13.6. The molecule has 1 heterocycles. The van der Waals surface area contributed by atoms with Gasteiger partial charge in [-0.25, -0.2) is 4.98 Å². The second kappa shape index (κ2) is 6.90. The molecule has 2 aromatic rings. The van der Waals surface area contributed by atoms with E-state index in [0.29, 0.717) is 11.9 Å². The van der Waals surface area contributed by atoms with Gasteiger partial charge >= 0.3 is 0 Å². The van der Waals surface area contributed by atoms with Crippen molar-refractivity contribution < 1.29 is 0 Å². The van der Waals surface area contributed by atoms with Gasteiger partial charge in [0.25, 0.3) is 0 Å². The first-order chi connectivity index (χ1) is 9.31. The zero-order valence-electron chi connectivity index (χ0n) is 11.3. The van der Waals surface area contributed by atoms with E-state index in [9.17, 15) is 0 Å². The predicted molar refractivity (Wildman–Crippen MR) is 79.8 cm³/mol. The fourth-order valence-electron chi connectivity index (χ4n) is 2.28. The molecule has 1 unspecified atom stereocenters. The highest BCUT2D eigenvalue weighted by atomic mass is 14.9. The van der Waals surface area contributed by atoms with Gasteiger partial charge in [0.1, 0.15) is 5.82 Å². The molecule has 0 radical (unpaired) electrons. The Morgan fingerprint density at radius 1 is 1.16 bits per heavy atom. The van der Waals surface area contributed by atoms with Crippen molar-refractivity contribution in [1.29, 1.82) is 0 Å². The molecule has 0 aliphatic carbocycles. The molecule has 1 aromatic carbocycles. The molecule has 1 atom stereocenters. The molecule has 0 fully saturated rings. The highest BCUT2D eigenvalue weighted by Crippen LogP contribution is 2.20. The molecule has 0 amide bonds. The Morgan fingerprint density at radius 2 is 1.95 bits per heavy atom. The molecule has 3 heteroatoms. The number of aromatic nitrogens is 1. The van der Waals surface area contributed by atoms with Crippen LogP contribution in [0.5, 0.6) is 0 Å². The molecule has 0 aliphatic heterocycles. The number of nitrogens with zero attached hydrogens (tertiary/aromatic N) is 1. The number of anilines is 1. The maximum Gasteiger partial charge on any atom is 0.126 e. The highest BCUT2D eigenvalue weighted by Gasteiger charge is 2.10. The summed E-state index contributed by atoms with van der Waals surface area (Å²) >= 11 is 0. The average molecular weight is 255 g/mol. The Balaban J connectivity index is 2.04. The van der Waals surface area contributed by atoms with Crippen LogP contribution in [0.1, 0.15) is 30.5 Å². The van der Waals surface area contributed by atoms with Crippen LogP contribution in [0.15, 0.2) is 48.7 Å². The molecular formula is C16H21N3. The molecule has 19 heavy (non-hydrogen) atoms. The largest absolute Gasteiger partial charge is 0.383 e. The zero-order valence-corrected chi connectivity index (χ0v) is 11.3. The minimum Gasteiger partial charge on any atom is -0.383 e. The second-order valence-corrected chi connectivity index (χ2v) is 4.61. The topological polar surface area (TPSA) is 50.9 Å². The van der Waals surface area contributed by atoms with E-state index in [1.807, 2.05) is 12.1 Å². The minimum absolute atomic E-state index is 0.366. The van der Waals surface area contributed by atoms with Crippen LogP contribution in [0.25, 0.3) is 0 Å². The van der Waals surface area contributed by atoms with Gasteiger partial charge < -0.3 is 11.1 Å². The van der Waals surface area contributed by atoms with Crippen LogP contribution in [-0.2, 0) is 6.42 Å². The molecule has 3 nitrogen and oxygen atoms in total. The minimum atomic E-state index is 0.366. The molecule has 0 aliphatic rings. The normalized spacial score (nSPS) is 12.3. The first-order valence-electron chi connectivity index (χ1n) is 6.79. The van der Waals surface area contributed by atoms with Gasteiger partial charge in [-0.2, -0.15) is 0 Å². The van der Waals surface area contributed by atoms with E-state index >= 15 is 0 Å². The summed E-state index contributed by atoms with van der Waals surface area (Å²) in [5.41, 5.74) is 8.34. The number of hydrogen-bond donors (Lipinski definition) is 2. The molecule has 1 aromatic heterocycles. The molecule has 0 saturated carbocycles. The van der Waals surface area contributed by atoms with Crippen LogP contribution in [0, 0.1) is 0 Å². The van der Waals surface area contributed by atoms with Gasteiger partial charge in [-0.05, 0) is 36.6 Å². The van der Waals surface area contributed by atoms with Gasteiger partial charge in [0.2, 0.25) is 0 Å². The van der Waals surface area contributed by atoms with Gasteiger partial charge in [-0.1, -0.05) is 43.3 Å². The van der Waals surface area contributed by atoms with Crippen LogP contribution in [-0.4, -0.2) is 11.5 Å². The number of nitrogens with one attached hydrogen (secondary N) is 1. The van der Waals surface area contributed by atoms with E-state index in [1.165, 1.54) is 5.56 Å². The standard InChI is InChI=1S/C16H21N3/c1-2-18-15(13-7-4-3-5-8-13)11-10-14-9-6-12-19-16(14)17/h3-9,12,15,18H,2,10-11H2,1H3,(H2,17,19).